The lowest BCUT2D eigenvalue weighted by molar-refractivity contribution is -0.185. The van der Waals surface area contributed by atoms with Crippen molar-refractivity contribution in [2.45, 2.75) is 32.5 Å². The van der Waals surface area contributed by atoms with Crippen LogP contribution in [-0.4, -0.2) is 16.6 Å². The average Bonchev–Trinajstić information content (AvgIpc) is 3.03. The highest BCUT2D eigenvalue weighted by molar-refractivity contribution is 5.72. The van der Waals surface area contributed by atoms with E-state index in [2.05, 4.69) is 14.7 Å². The summed E-state index contributed by atoms with van der Waals surface area (Å²) in [5, 5.41) is 0. The van der Waals surface area contributed by atoms with Crippen molar-refractivity contribution in [1.29, 1.82) is 0 Å². The van der Waals surface area contributed by atoms with Gasteiger partial charge in [-0.15, -0.1) is 0 Å². The summed E-state index contributed by atoms with van der Waals surface area (Å²) in [5.74, 6) is -4.72. The number of hydrogen-bond donors (Lipinski definition) is 0. The molecule has 0 aliphatic carbocycles. The largest absolute Gasteiger partial charge is 0.429 e. The molecule has 1 heterocycles. The van der Waals surface area contributed by atoms with Crippen LogP contribution in [0.3, 0.4) is 0 Å². The lowest BCUT2D eigenvalue weighted by Crippen LogP contribution is -2.21. The van der Waals surface area contributed by atoms with E-state index in [1.165, 1.54) is 60.7 Å². The molecule has 0 saturated heterocycles. The van der Waals surface area contributed by atoms with Crippen molar-refractivity contribution in [2.75, 3.05) is 0 Å². The Morgan fingerprint density at radius 3 is 1.91 bits per heavy atom. The topological polar surface area (TPSA) is 44.2 Å². The number of allylic oxidation sites excluding steroid dienone is 2. The summed E-state index contributed by atoms with van der Waals surface area (Å²) >= 11 is 0. The Balaban J connectivity index is 1.26. The second-order valence-electron chi connectivity index (χ2n) is 10.1. The molecular weight excluding hydrogens is 613 g/mol. The Morgan fingerprint density at radius 1 is 0.739 bits per heavy atom. The van der Waals surface area contributed by atoms with Gasteiger partial charge in [-0.3, -0.25) is 0 Å². The molecule has 0 amide bonds. The van der Waals surface area contributed by atoms with Crippen LogP contribution in [0.5, 0.6) is 11.5 Å². The molecular formula is C35H25F7N2O2. The molecule has 0 saturated carbocycles. The van der Waals surface area contributed by atoms with Crippen LogP contribution in [0.2, 0.25) is 0 Å². The van der Waals surface area contributed by atoms with E-state index in [9.17, 15) is 30.7 Å². The predicted octanol–water partition coefficient (Wildman–Crippen LogP) is 10.1. The van der Waals surface area contributed by atoms with Crippen LogP contribution in [0, 0.1) is 17.5 Å². The van der Waals surface area contributed by atoms with E-state index in [-0.39, 0.29) is 22.4 Å². The highest BCUT2D eigenvalue weighted by Crippen LogP contribution is 2.35. The van der Waals surface area contributed by atoms with Crippen LogP contribution < -0.4 is 9.47 Å². The number of aromatic nitrogens is 2. The van der Waals surface area contributed by atoms with E-state index >= 15 is 0 Å². The van der Waals surface area contributed by atoms with Crippen LogP contribution in [-0.2, 0) is 12.5 Å². The molecule has 236 valence electrons. The van der Waals surface area contributed by atoms with Gasteiger partial charge >= 0.3 is 12.7 Å². The van der Waals surface area contributed by atoms with Gasteiger partial charge in [-0.25, -0.2) is 23.1 Å². The van der Waals surface area contributed by atoms with E-state index in [1.54, 1.807) is 12.4 Å². The van der Waals surface area contributed by atoms with Gasteiger partial charge in [-0.05, 0) is 84.5 Å². The zero-order valence-corrected chi connectivity index (χ0v) is 24.2. The summed E-state index contributed by atoms with van der Waals surface area (Å²) in [6, 6.07) is 16.0. The van der Waals surface area contributed by atoms with Gasteiger partial charge in [0.25, 0.3) is 0 Å². The Kier molecular flexibility index (Phi) is 9.69. The minimum atomic E-state index is -3.67. The molecule has 0 atom stereocenters. The van der Waals surface area contributed by atoms with Crippen molar-refractivity contribution in [3.63, 3.8) is 0 Å². The quantitative estimate of drug-likeness (QED) is 0.107. The Morgan fingerprint density at radius 2 is 1.33 bits per heavy atom. The zero-order valence-electron chi connectivity index (χ0n) is 24.2. The first kappa shape index (κ1) is 32.2. The lowest BCUT2D eigenvalue weighted by Gasteiger charge is -2.19. The summed E-state index contributed by atoms with van der Waals surface area (Å²) in [4.78, 5) is 8.66. The van der Waals surface area contributed by atoms with Crippen molar-refractivity contribution in [1.82, 2.24) is 9.97 Å². The van der Waals surface area contributed by atoms with E-state index < -0.39 is 35.9 Å². The number of hydrogen-bond acceptors (Lipinski definition) is 4. The Bertz CT molecular complexity index is 1800. The molecule has 11 heteroatoms. The summed E-state index contributed by atoms with van der Waals surface area (Å²) in [6.07, 6.45) is 5.42. The van der Waals surface area contributed by atoms with Crippen molar-refractivity contribution in [3.05, 3.63) is 132 Å². The second kappa shape index (κ2) is 13.8. The summed E-state index contributed by atoms with van der Waals surface area (Å²) in [5.41, 5.74) is 1.49. The third kappa shape index (κ3) is 7.53. The molecule has 5 aromatic rings. The summed E-state index contributed by atoms with van der Waals surface area (Å²) < 4.78 is 107. The minimum Gasteiger partial charge on any atom is -0.429 e. The monoisotopic (exact) mass is 638 g/mol. The summed E-state index contributed by atoms with van der Waals surface area (Å²) in [6.45, 7) is -1.49. The van der Waals surface area contributed by atoms with Gasteiger partial charge < -0.3 is 9.47 Å². The fourth-order valence-corrected chi connectivity index (χ4v) is 4.63. The Hall–Kier alpha value is -5.19. The normalized spacial score (nSPS) is 11.8. The number of ether oxygens (including phenoxy) is 2. The van der Waals surface area contributed by atoms with Crippen molar-refractivity contribution < 1.29 is 40.2 Å². The molecule has 0 aliphatic heterocycles. The predicted molar refractivity (Wildman–Crippen MR) is 159 cm³/mol. The van der Waals surface area contributed by atoms with Crippen LogP contribution in [0.15, 0.2) is 103 Å². The van der Waals surface area contributed by atoms with Crippen molar-refractivity contribution >= 4 is 0 Å². The maximum Gasteiger partial charge on any atom is 0.426 e. The number of alkyl halides is 4. The third-order valence-corrected chi connectivity index (χ3v) is 6.94. The van der Waals surface area contributed by atoms with Gasteiger partial charge in [0.1, 0.15) is 11.6 Å². The minimum absolute atomic E-state index is 0.149. The molecule has 1 aromatic heterocycles. The average molecular weight is 639 g/mol. The second-order valence-corrected chi connectivity index (χ2v) is 10.1. The molecule has 5 rings (SSSR count). The van der Waals surface area contributed by atoms with Crippen LogP contribution in [0.25, 0.3) is 33.6 Å². The highest BCUT2D eigenvalue weighted by atomic mass is 19.3. The fraction of sp³-hybridized carbons (Fsp3) is 0.143. The molecule has 0 spiro atoms. The summed E-state index contributed by atoms with van der Waals surface area (Å²) in [7, 11) is 0. The van der Waals surface area contributed by atoms with Gasteiger partial charge in [0.05, 0.1) is 5.56 Å². The maximum atomic E-state index is 15.0. The van der Waals surface area contributed by atoms with Crippen LogP contribution >= 0.6 is 0 Å². The Labute approximate surface area is 259 Å². The molecule has 4 nitrogen and oxygen atoms in total. The maximum absolute atomic E-state index is 15.0. The smallest absolute Gasteiger partial charge is 0.426 e. The molecule has 46 heavy (non-hydrogen) atoms. The lowest BCUT2D eigenvalue weighted by atomic mass is 9.99. The fourth-order valence-electron chi connectivity index (χ4n) is 4.63. The number of benzene rings is 4. The number of halogens is 7. The van der Waals surface area contributed by atoms with Gasteiger partial charge in [-0.2, -0.15) is 17.6 Å². The zero-order chi connectivity index (χ0) is 32.8. The van der Waals surface area contributed by atoms with Gasteiger partial charge in [0.2, 0.25) is 0 Å². The van der Waals surface area contributed by atoms with Gasteiger partial charge in [0, 0.05) is 23.5 Å². The van der Waals surface area contributed by atoms with Crippen molar-refractivity contribution in [2.24, 2.45) is 0 Å². The van der Waals surface area contributed by atoms with E-state index in [0.29, 0.717) is 34.6 Å². The number of rotatable bonds is 11. The van der Waals surface area contributed by atoms with Crippen molar-refractivity contribution in [3.8, 4) is 45.1 Å². The molecule has 4 aromatic carbocycles. The molecule has 0 N–H and O–H groups in total. The van der Waals surface area contributed by atoms with Gasteiger partial charge in [0.15, 0.2) is 23.2 Å². The first-order valence-electron chi connectivity index (χ1n) is 14.0. The molecule has 0 aliphatic rings. The van der Waals surface area contributed by atoms with Gasteiger partial charge in [-0.1, -0.05) is 48.6 Å². The van der Waals surface area contributed by atoms with E-state index in [4.69, 9.17) is 4.74 Å². The molecule has 0 radical (unpaired) electrons. The van der Waals surface area contributed by atoms with Crippen LogP contribution in [0.4, 0.5) is 30.7 Å². The van der Waals surface area contributed by atoms with Crippen LogP contribution in [0.1, 0.15) is 24.5 Å². The standard InChI is InChI=1S/C35H25F7N2O2/c1-2-3-4-5-21-19-43-33(44-20-21)23-6-11-26(12-7-23)35(41,42)46-27-13-8-22(9-14-27)24-10-15-28(29(36)16-24)25-17-30(37)32(31(38)18-25)45-34(39)40/h2-3,6-20,34H,4-5H2,1H3. The molecule has 0 fully saturated rings. The molecule has 0 bridgehead atoms. The first-order valence-corrected chi connectivity index (χ1v) is 14.0. The highest BCUT2D eigenvalue weighted by Gasteiger charge is 2.34. The van der Waals surface area contributed by atoms with E-state index in [0.717, 1.165) is 24.5 Å². The first-order chi connectivity index (χ1) is 22.0. The SMILES string of the molecule is CC=CCCc1cnc(-c2ccc(C(F)(F)Oc3ccc(-c4ccc(-c5cc(F)c(OC(F)F)c(F)c5)c(F)c4)cc3)cc2)nc1. The molecule has 0 unspecified atom stereocenters. The number of nitrogens with zero attached hydrogens (tertiary/aromatic N) is 2. The third-order valence-electron chi connectivity index (χ3n) is 6.94. The number of aryl methyl sites for hydroxylation is 1. The van der Waals surface area contributed by atoms with E-state index in [1.807, 2.05) is 19.1 Å².